The monoisotopic (exact) mass is 464 g/mol. The largest absolute Gasteiger partial charge is 0.508 e. The van der Waals surface area contributed by atoms with Crippen LogP contribution in [0.4, 0.5) is 0 Å². The lowest BCUT2D eigenvalue weighted by Crippen LogP contribution is -2.51. The molecule has 7 heteroatoms. The molecule has 35 heavy (non-hydrogen) atoms. The Balaban J connectivity index is 1.38. The van der Waals surface area contributed by atoms with E-state index in [0.717, 1.165) is 27.6 Å². The Labute approximate surface area is 202 Å². The van der Waals surface area contributed by atoms with E-state index in [1.165, 1.54) is 0 Å². The number of nitrogens with zero attached hydrogens (tertiary/aromatic N) is 1. The molecule has 1 aromatic heterocycles. The van der Waals surface area contributed by atoms with E-state index in [2.05, 4.69) is 21.7 Å². The number of carbonyl (C=O) groups excluding carboxylic acids is 2. The number of H-pyrrole nitrogens is 1. The van der Waals surface area contributed by atoms with Gasteiger partial charge in [0.1, 0.15) is 17.3 Å². The summed E-state index contributed by atoms with van der Waals surface area (Å²) in [7, 11) is 0. The fourth-order valence-corrected chi connectivity index (χ4v) is 4.16. The third-order valence-electron chi connectivity index (χ3n) is 6.38. The zero-order chi connectivity index (χ0) is 24.4. The molecule has 0 bridgehead atoms. The lowest BCUT2D eigenvalue weighted by Gasteiger charge is -2.20. The van der Waals surface area contributed by atoms with Crippen molar-refractivity contribution in [2.75, 3.05) is 0 Å². The summed E-state index contributed by atoms with van der Waals surface area (Å²) in [5.74, 6) is -0.676. The number of carbonyl (C=O) groups is 2. The van der Waals surface area contributed by atoms with Gasteiger partial charge in [-0.05, 0) is 59.9 Å². The highest BCUT2D eigenvalue weighted by molar-refractivity contribution is 5.98. The van der Waals surface area contributed by atoms with E-state index in [0.29, 0.717) is 18.4 Å². The predicted octanol–water partition coefficient (Wildman–Crippen LogP) is 4.05. The smallest absolute Gasteiger partial charge is 0.251 e. The highest BCUT2D eigenvalue weighted by Gasteiger charge is 2.45. The standard InChI is InChI=1S/C28H24N4O3/c29-17-28(12-13-28)32-27(35)25(14-21-16-30-24-11-10-22(33)15-23(21)24)31-26(34)20-8-6-19(7-9-20)18-4-2-1-3-5-18/h1-11,15-16,25,30,33H,12-14H2,(H,31,34)(H,32,35)/t25-/m0/s1. The van der Waals surface area contributed by atoms with Crippen LogP contribution in [0.1, 0.15) is 28.8 Å². The van der Waals surface area contributed by atoms with Crippen molar-refractivity contribution >= 4 is 22.7 Å². The number of hydrogen-bond donors (Lipinski definition) is 4. The molecule has 3 aromatic carbocycles. The second-order valence-electron chi connectivity index (χ2n) is 8.90. The molecule has 7 nitrogen and oxygen atoms in total. The van der Waals surface area contributed by atoms with Crippen molar-refractivity contribution in [2.45, 2.75) is 30.8 Å². The predicted molar refractivity (Wildman–Crippen MR) is 133 cm³/mol. The first kappa shape index (κ1) is 22.2. The van der Waals surface area contributed by atoms with Crippen LogP contribution in [-0.4, -0.2) is 33.5 Å². The number of nitrogens with one attached hydrogen (secondary N) is 3. The number of nitriles is 1. The summed E-state index contributed by atoms with van der Waals surface area (Å²) in [4.78, 5) is 29.4. The Morgan fingerprint density at radius 1 is 1.03 bits per heavy atom. The van der Waals surface area contributed by atoms with Crippen molar-refractivity contribution in [1.29, 1.82) is 5.26 Å². The average molecular weight is 465 g/mol. The van der Waals surface area contributed by atoms with Crippen LogP contribution in [0.25, 0.3) is 22.0 Å². The zero-order valence-corrected chi connectivity index (χ0v) is 18.9. The molecule has 1 aliphatic rings. The summed E-state index contributed by atoms with van der Waals surface area (Å²) in [5.41, 5.74) is 3.20. The number of phenols is 1. The minimum Gasteiger partial charge on any atom is -0.508 e. The molecule has 1 aliphatic carbocycles. The van der Waals surface area contributed by atoms with Gasteiger partial charge in [-0.25, -0.2) is 0 Å². The van der Waals surface area contributed by atoms with Gasteiger partial charge in [0.2, 0.25) is 5.91 Å². The molecule has 0 unspecified atom stereocenters. The van der Waals surface area contributed by atoms with Crippen LogP contribution in [0.3, 0.4) is 0 Å². The Kier molecular flexibility index (Phi) is 5.71. The molecule has 4 aromatic rings. The molecule has 0 aliphatic heterocycles. The van der Waals surface area contributed by atoms with E-state index in [9.17, 15) is 20.0 Å². The average Bonchev–Trinajstić information content (AvgIpc) is 3.56. The number of rotatable bonds is 7. The molecule has 1 fully saturated rings. The van der Waals surface area contributed by atoms with Gasteiger partial charge in [-0.15, -0.1) is 0 Å². The van der Waals surface area contributed by atoms with E-state index in [4.69, 9.17) is 0 Å². The summed E-state index contributed by atoms with van der Waals surface area (Å²) in [5, 5.41) is 25.7. The molecular weight excluding hydrogens is 440 g/mol. The van der Waals surface area contributed by atoms with Gasteiger partial charge >= 0.3 is 0 Å². The first-order valence-electron chi connectivity index (χ1n) is 11.4. The maximum absolute atomic E-state index is 13.2. The van der Waals surface area contributed by atoms with Crippen LogP contribution >= 0.6 is 0 Å². The Hall–Kier alpha value is -4.57. The van der Waals surface area contributed by atoms with Gasteiger partial charge in [-0.1, -0.05) is 42.5 Å². The van der Waals surface area contributed by atoms with Crippen LogP contribution in [0.2, 0.25) is 0 Å². The minimum atomic E-state index is -0.900. The van der Waals surface area contributed by atoms with Gasteiger partial charge in [-0.2, -0.15) is 5.26 Å². The van der Waals surface area contributed by atoms with E-state index in [1.54, 1.807) is 36.5 Å². The molecule has 5 rings (SSSR count). The topological polar surface area (TPSA) is 118 Å². The molecule has 4 N–H and O–H groups in total. The van der Waals surface area contributed by atoms with Gasteiger partial charge in [-0.3, -0.25) is 9.59 Å². The third-order valence-corrected chi connectivity index (χ3v) is 6.38. The van der Waals surface area contributed by atoms with E-state index in [-0.39, 0.29) is 18.1 Å². The summed E-state index contributed by atoms with van der Waals surface area (Å²) < 4.78 is 0. The lowest BCUT2D eigenvalue weighted by atomic mass is 10.0. The van der Waals surface area contributed by atoms with Crippen LogP contribution in [-0.2, 0) is 11.2 Å². The van der Waals surface area contributed by atoms with Crippen LogP contribution in [0, 0.1) is 11.3 Å². The molecule has 0 saturated heterocycles. The fourth-order valence-electron chi connectivity index (χ4n) is 4.16. The highest BCUT2D eigenvalue weighted by Crippen LogP contribution is 2.34. The zero-order valence-electron chi connectivity index (χ0n) is 18.9. The van der Waals surface area contributed by atoms with Crippen molar-refractivity contribution < 1.29 is 14.7 Å². The Morgan fingerprint density at radius 2 is 1.74 bits per heavy atom. The minimum absolute atomic E-state index is 0.114. The lowest BCUT2D eigenvalue weighted by molar-refractivity contribution is -0.123. The summed E-state index contributed by atoms with van der Waals surface area (Å²) >= 11 is 0. The van der Waals surface area contributed by atoms with Crippen molar-refractivity contribution in [2.24, 2.45) is 0 Å². The Bertz CT molecular complexity index is 1430. The molecular formula is C28H24N4O3. The molecule has 1 heterocycles. The normalized spacial score (nSPS) is 14.6. The highest BCUT2D eigenvalue weighted by atomic mass is 16.3. The summed E-state index contributed by atoms with van der Waals surface area (Å²) in [6, 6.07) is 23.3. The number of aromatic nitrogens is 1. The van der Waals surface area contributed by atoms with Crippen molar-refractivity contribution in [1.82, 2.24) is 15.6 Å². The maximum Gasteiger partial charge on any atom is 0.251 e. The van der Waals surface area contributed by atoms with Crippen LogP contribution < -0.4 is 10.6 Å². The van der Waals surface area contributed by atoms with Crippen molar-refractivity contribution in [3.05, 3.63) is 90.1 Å². The van der Waals surface area contributed by atoms with E-state index >= 15 is 0 Å². The molecule has 0 spiro atoms. The summed E-state index contributed by atoms with van der Waals surface area (Å²) in [6.45, 7) is 0. The SMILES string of the molecule is N#CC1(NC(=O)[C@H](Cc2c[nH]c3ccc(O)cc23)NC(=O)c2ccc(-c3ccccc3)cc2)CC1. The quantitative estimate of drug-likeness (QED) is 0.330. The maximum atomic E-state index is 13.2. The van der Waals surface area contributed by atoms with Gasteiger partial charge < -0.3 is 20.7 Å². The third kappa shape index (κ3) is 4.73. The van der Waals surface area contributed by atoms with Gasteiger partial charge in [0.15, 0.2) is 0 Å². The second-order valence-corrected chi connectivity index (χ2v) is 8.90. The van der Waals surface area contributed by atoms with E-state index < -0.39 is 17.5 Å². The fraction of sp³-hybridized carbons (Fsp3) is 0.179. The Morgan fingerprint density at radius 3 is 2.43 bits per heavy atom. The molecule has 1 atom stereocenters. The number of aromatic amines is 1. The van der Waals surface area contributed by atoms with Gasteiger partial charge in [0.05, 0.1) is 6.07 Å². The van der Waals surface area contributed by atoms with Crippen molar-refractivity contribution in [3.63, 3.8) is 0 Å². The second kappa shape index (κ2) is 8.99. The van der Waals surface area contributed by atoms with E-state index in [1.807, 2.05) is 42.5 Å². The number of benzene rings is 3. The first-order valence-corrected chi connectivity index (χ1v) is 11.4. The number of fused-ring (bicyclic) bond motifs is 1. The molecule has 2 amide bonds. The van der Waals surface area contributed by atoms with Gasteiger partial charge in [0, 0.05) is 29.1 Å². The number of hydrogen-bond acceptors (Lipinski definition) is 4. The van der Waals surface area contributed by atoms with Crippen molar-refractivity contribution in [3.8, 4) is 22.9 Å². The van der Waals surface area contributed by atoms with Crippen LogP contribution in [0.15, 0.2) is 79.0 Å². The number of amides is 2. The number of phenolic OH excluding ortho intramolecular Hbond substituents is 1. The van der Waals surface area contributed by atoms with Crippen LogP contribution in [0.5, 0.6) is 5.75 Å². The molecule has 1 saturated carbocycles. The molecule has 0 radical (unpaired) electrons. The van der Waals surface area contributed by atoms with Gasteiger partial charge in [0.25, 0.3) is 5.91 Å². The first-order chi connectivity index (χ1) is 17.0. The number of aromatic hydroxyl groups is 1. The summed E-state index contributed by atoms with van der Waals surface area (Å²) in [6.07, 6.45) is 3.16. The molecule has 174 valence electrons.